The summed E-state index contributed by atoms with van der Waals surface area (Å²) in [6.45, 7) is 5.91. The fourth-order valence-electron chi connectivity index (χ4n) is 1.23. The van der Waals surface area contributed by atoms with E-state index in [-0.39, 0.29) is 5.78 Å². The van der Waals surface area contributed by atoms with E-state index in [2.05, 4.69) is 15.3 Å². The van der Waals surface area contributed by atoms with Crippen LogP contribution in [-0.2, 0) is 0 Å². The average Bonchev–Trinajstić information content (AvgIpc) is 2.27. The van der Waals surface area contributed by atoms with Crippen LogP contribution in [0.3, 0.4) is 0 Å². The van der Waals surface area contributed by atoms with E-state index in [0.29, 0.717) is 23.9 Å². The zero-order valence-electron chi connectivity index (χ0n) is 9.66. The number of carbonyl (C=O) groups excluding carboxylic acids is 1. The molecule has 0 amide bonds. The highest BCUT2D eigenvalue weighted by molar-refractivity contribution is 5.98. The number of hydrogen-bond donors (Lipinski definition) is 1. The van der Waals surface area contributed by atoms with Gasteiger partial charge in [-0.1, -0.05) is 20.8 Å². The van der Waals surface area contributed by atoms with E-state index >= 15 is 0 Å². The molecule has 0 aliphatic heterocycles. The van der Waals surface area contributed by atoms with E-state index in [4.69, 9.17) is 0 Å². The highest BCUT2D eigenvalue weighted by Gasteiger charge is 2.13. The maximum atomic E-state index is 11.5. The van der Waals surface area contributed by atoms with Crippen LogP contribution < -0.4 is 5.32 Å². The molecule has 1 rings (SSSR count). The first-order valence-corrected chi connectivity index (χ1v) is 5.18. The van der Waals surface area contributed by atoms with Crippen molar-refractivity contribution in [2.45, 2.75) is 33.1 Å². The quantitative estimate of drug-likeness (QED) is 0.769. The molecule has 0 saturated heterocycles. The predicted molar refractivity (Wildman–Crippen MR) is 60.3 cm³/mol. The van der Waals surface area contributed by atoms with Gasteiger partial charge in [-0.3, -0.25) is 4.79 Å². The van der Waals surface area contributed by atoms with Crippen LogP contribution in [0.1, 0.15) is 49.3 Å². The molecule has 0 saturated carbocycles. The van der Waals surface area contributed by atoms with E-state index < -0.39 is 0 Å². The zero-order chi connectivity index (χ0) is 11.4. The van der Waals surface area contributed by atoms with Crippen LogP contribution in [0.25, 0.3) is 0 Å². The van der Waals surface area contributed by atoms with Crippen LogP contribution >= 0.6 is 0 Å². The van der Waals surface area contributed by atoms with Gasteiger partial charge in [0, 0.05) is 19.7 Å². The standard InChI is InChI=1S/C11H17N3O/c1-5-9(15)10-11(12-4)14-8(6-13-10)7(2)3/h6-7H,5H2,1-4H3,(H,12,14). The van der Waals surface area contributed by atoms with Crippen LogP contribution in [-0.4, -0.2) is 22.8 Å². The molecule has 0 aromatic carbocycles. The molecule has 0 aliphatic carbocycles. The van der Waals surface area contributed by atoms with Crippen molar-refractivity contribution in [1.29, 1.82) is 0 Å². The predicted octanol–water partition coefficient (Wildman–Crippen LogP) is 2.23. The highest BCUT2D eigenvalue weighted by Crippen LogP contribution is 2.16. The number of Topliss-reactive ketones (excluding diaryl/α,β-unsaturated/α-hetero) is 1. The lowest BCUT2D eigenvalue weighted by Gasteiger charge is -2.09. The van der Waals surface area contributed by atoms with E-state index in [0.717, 1.165) is 5.69 Å². The van der Waals surface area contributed by atoms with Crippen LogP contribution in [0.15, 0.2) is 6.20 Å². The van der Waals surface area contributed by atoms with Crippen molar-refractivity contribution in [3.8, 4) is 0 Å². The van der Waals surface area contributed by atoms with Gasteiger partial charge in [0.15, 0.2) is 11.6 Å². The topological polar surface area (TPSA) is 54.9 Å². The third-order valence-electron chi connectivity index (χ3n) is 2.20. The summed E-state index contributed by atoms with van der Waals surface area (Å²) in [6.07, 6.45) is 2.12. The molecule has 0 atom stereocenters. The Morgan fingerprint density at radius 3 is 2.67 bits per heavy atom. The summed E-state index contributed by atoms with van der Waals surface area (Å²) in [5.74, 6) is 0.908. The Bertz CT molecular complexity index is 361. The van der Waals surface area contributed by atoms with Gasteiger partial charge >= 0.3 is 0 Å². The molecule has 0 bridgehead atoms. The van der Waals surface area contributed by atoms with Gasteiger partial charge in [0.2, 0.25) is 0 Å². The third-order valence-corrected chi connectivity index (χ3v) is 2.20. The van der Waals surface area contributed by atoms with Gasteiger partial charge in [-0.25, -0.2) is 9.97 Å². The average molecular weight is 207 g/mol. The molecule has 0 aliphatic rings. The molecule has 0 unspecified atom stereocenters. The second kappa shape index (κ2) is 4.87. The minimum Gasteiger partial charge on any atom is -0.371 e. The largest absolute Gasteiger partial charge is 0.371 e. The number of aromatic nitrogens is 2. The first-order chi connectivity index (χ1) is 7.10. The Labute approximate surface area is 90.1 Å². The SMILES string of the molecule is CCC(=O)c1ncc(C(C)C)nc1NC. The Morgan fingerprint density at radius 2 is 2.20 bits per heavy atom. The Balaban J connectivity index is 3.15. The first kappa shape index (κ1) is 11.6. The number of carbonyl (C=O) groups is 1. The number of hydrogen-bond acceptors (Lipinski definition) is 4. The molecule has 4 heteroatoms. The lowest BCUT2D eigenvalue weighted by molar-refractivity contribution is 0.0984. The molecule has 82 valence electrons. The minimum absolute atomic E-state index is 0.0159. The van der Waals surface area contributed by atoms with Gasteiger partial charge in [0.25, 0.3) is 0 Å². The molecular formula is C11H17N3O. The molecule has 1 aromatic rings. The number of anilines is 1. The van der Waals surface area contributed by atoms with E-state index in [9.17, 15) is 4.79 Å². The summed E-state index contributed by atoms with van der Waals surface area (Å²) in [5.41, 5.74) is 1.33. The van der Waals surface area contributed by atoms with Crippen LogP contribution in [0.2, 0.25) is 0 Å². The highest BCUT2D eigenvalue weighted by atomic mass is 16.1. The molecule has 0 radical (unpaired) electrons. The van der Waals surface area contributed by atoms with Gasteiger partial charge in [0.05, 0.1) is 5.69 Å². The van der Waals surface area contributed by atoms with Crippen molar-refractivity contribution in [2.75, 3.05) is 12.4 Å². The molecule has 1 heterocycles. The maximum Gasteiger partial charge on any atom is 0.184 e. The monoisotopic (exact) mass is 207 g/mol. The normalized spacial score (nSPS) is 10.5. The maximum absolute atomic E-state index is 11.5. The van der Waals surface area contributed by atoms with Crippen LogP contribution in [0.4, 0.5) is 5.82 Å². The van der Waals surface area contributed by atoms with Gasteiger partial charge < -0.3 is 5.32 Å². The Hall–Kier alpha value is -1.45. The number of ketones is 1. The molecule has 0 fully saturated rings. The van der Waals surface area contributed by atoms with Crippen LogP contribution in [0, 0.1) is 0 Å². The first-order valence-electron chi connectivity index (χ1n) is 5.18. The van der Waals surface area contributed by atoms with Crippen molar-refractivity contribution in [3.05, 3.63) is 17.6 Å². The Morgan fingerprint density at radius 1 is 1.53 bits per heavy atom. The number of rotatable bonds is 4. The smallest absolute Gasteiger partial charge is 0.184 e. The summed E-state index contributed by atoms with van der Waals surface area (Å²) in [5, 5.41) is 2.91. The van der Waals surface area contributed by atoms with Crippen molar-refractivity contribution in [1.82, 2.24) is 9.97 Å². The summed E-state index contributed by atoms with van der Waals surface area (Å²) >= 11 is 0. The second-order valence-corrected chi connectivity index (χ2v) is 3.67. The second-order valence-electron chi connectivity index (χ2n) is 3.67. The molecular weight excluding hydrogens is 190 g/mol. The van der Waals surface area contributed by atoms with E-state index in [1.54, 1.807) is 13.2 Å². The lowest BCUT2D eigenvalue weighted by atomic mass is 10.1. The summed E-state index contributed by atoms with van der Waals surface area (Å²) < 4.78 is 0. The summed E-state index contributed by atoms with van der Waals surface area (Å²) in [6, 6.07) is 0. The fraction of sp³-hybridized carbons (Fsp3) is 0.545. The summed E-state index contributed by atoms with van der Waals surface area (Å²) in [7, 11) is 1.75. The van der Waals surface area contributed by atoms with Crippen LogP contribution in [0.5, 0.6) is 0 Å². The van der Waals surface area contributed by atoms with Crippen molar-refractivity contribution in [2.24, 2.45) is 0 Å². The number of nitrogens with one attached hydrogen (secondary N) is 1. The molecule has 0 spiro atoms. The van der Waals surface area contributed by atoms with Gasteiger partial charge in [-0.2, -0.15) is 0 Å². The lowest BCUT2D eigenvalue weighted by Crippen LogP contribution is -2.09. The van der Waals surface area contributed by atoms with E-state index in [1.807, 2.05) is 20.8 Å². The molecule has 15 heavy (non-hydrogen) atoms. The molecule has 1 N–H and O–H groups in total. The Kier molecular flexibility index (Phi) is 3.77. The zero-order valence-corrected chi connectivity index (χ0v) is 9.66. The minimum atomic E-state index is 0.0159. The van der Waals surface area contributed by atoms with Gasteiger partial charge in [0.1, 0.15) is 5.69 Å². The fourth-order valence-corrected chi connectivity index (χ4v) is 1.23. The van der Waals surface area contributed by atoms with E-state index in [1.165, 1.54) is 0 Å². The van der Waals surface area contributed by atoms with Gasteiger partial charge in [-0.15, -0.1) is 0 Å². The van der Waals surface area contributed by atoms with Crippen molar-refractivity contribution >= 4 is 11.6 Å². The summed E-state index contributed by atoms with van der Waals surface area (Å²) in [4.78, 5) is 20.1. The molecule has 1 aromatic heterocycles. The molecule has 4 nitrogen and oxygen atoms in total. The third kappa shape index (κ3) is 2.52. The number of nitrogens with zero attached hydrogens (tertiary/aromatic N) is 2. The van der Waals surface area contributed by atoms with Gasteiger partial charge in [-0.05, 0) is 5.92 Å². The van der Waals surface area contributed by atoms with Crippen molar-refractivity contribution < 1.29 is 4.79 Å². The van der Waals surface area contributed by atoms with Crippen molar-refractivity contribution in [3.63, 3.8) is 0 Å².